The van der Waals surface area contributed by atoms with Gasteiger partial charge in [0.05, 0.1) is 12.2 Å². The Morgan fingerprint density at radius 2 is 1.68 bits per heavy atom. The molecule has 0 radical (unpaired) electrons. The summed E-state index contributed by atoms with van der Waals surface area (Å²) in [6.45, 7) is 11.6. The van der Waals surface area contributed by atoms with Crippen molar-refractivity contribution >= 4 is 11.3 Å². The molecule has 1 aromatic heterocycles. The molecule has 5 fully saturated rings. The summed E-state index contributed by atoms with van der Waals surface area (Å²) in [6, 6.07) is 4.26. The molecular weight excluding hydrogens is 404 g/mol. The van der Waals surface area contributed by atoms with Gasteiger partial charge in [0.25, 0.3) is 0 Å². The van der Waals surface area contributed by atoms with Crippen LogP contribution in [0.25, 0.3) is 0 Å². The van der Waals surface area contributed by atoms with Gasteiger partial charge >= 0.3 is 0 Å². The van der Waals surface area contributed by atoms with Crippen LogP contribution in [0.5, 0.6) is 0 Å². The molecule has 5 aliphatic rings. The van der Waals surface area contributed by atoms with E-state index in [9.17, 15) is 5.11 Å². The summed E-state index contributed by atoms with van der Waals surface area (Å²) in [5.41, 5.74) is -0.433. The fraction of sp³-hybridized carbons (Fsp3) is 0.852. The number of ether oxygens (including phenoxy) is 2. The molecule has 0 aromatic carbocycles. The van der Waals surface area contributed by atoms with Crippen LogP contribution in [0.1, 0.15) is 84.4 Å². The van der Waals surface area contributed by atoms with Gasteiger partial charge in [-0.1, -0.05) is 33.3 Å². The van der Waals surface area contributed by atoms with Gasteiger partial charge < -0.3 is 14.6 Å². The molecule has 1 N–H and O–H groups in total. The van der Waals surface area contributed by atoms with E-state index in [1.165, 1.54) is 30.6 Å². The van der Waals surface area contributed by atoms with Gasteiger partial charge in [-0.3, -0.25) is 0 Å². The Hall–Kier alpha value is -0.420. The van der Waals surface area contributed by atoms with Crippen molar-refractivity contribution in [1.29, 1.82) is 0 Å². The summed E-state index contributed by atoms with van der Waals surface area (Å²) >= 11 is 1.73. The van der Waals surface area contributed by atoms with E-state index < -0.39 is 11.4 Å². The summed E-state index contributed by atoms with van der Waals surface area (Å²) < 4.78 is 13.5. The van der Waals surface area contributed by atoms with Gasteiger partial charge in [0.2, 0.25) is 0 Å². The summed E-state index contributed by atoms with van der Waals surface area (Å²) in [4.78, 5) is 1.17. The third-order valence-electron chi connectivity index (χ3n) is 10.9. The van der Waals surface area contributed by atoms with Crippen LogP contribution in [0.4, 0.5) is 0 Å². The molecule has 4 aliphatic carbocycles. The van der Waals surface area contributed by atoms with E-state index in [0.717, 1.165) is 25.2 Å². The molecule has 1 aliphatic heterocycles. The fourth-order valence-electron chi connectivity index (χ4n) is 9.32. The summed E-state index contributed by atoms with van der Waals surface area (Å²) in [5.74, 6) is 2.57. The zero-order valence-corrected chi connectivity index (χ0v) is 20.7. The predicted molar refractivity (Wildman–Crippen MR) is 124 cm³/mol. The lowest BCUT2D eigenvalue weighted by Gasteiger charge is -2.64. The van der Waals surface area contributed by atoms with E-state index in [1.54, 1.807) is 11.3 Å². The van der Waals surface area contributed by atoms with Crippen LogP contribution >= 0.6 is 11.3 Å². The molecule has 1 saturated heterocycles. The minimum Gasteiger partial charge on any atom is -0.384 e. The molecule has 31 heavy (non-hydrogen) atoms. The molecule has 0 bridgehead atoms. The highest BCUT2D eigenvalue weighted by Gasteiger charge is 2.70. The van der Waals surface area contributed by atoms with E-state index >= 15 is 0 Å². The molecule has 1 aromatic rings. The first kappa shape index (κ1) is 21.1. The van der Waals surface area contributed by atoms with E-state index in [4.69, 9.17) is 9.47 Å². The first-order valence-corrected chi connectivity index (χ1v) is 13.6. The molecule has 4 heteroatoms. The minimum atomic E-state index is -0.694. The largest absolute Gasteiger partial charge is 0.384 e. The van der Waals surface area contributed by atoms with Gasteiger partial charge in [-0.05, 0) is 98.8 Å². The number of hydrogen-bond donors (Lipinski definition) is 1. The van der Waals surface area contributed by atoms with Crippen LogP contribution in [0.3, 0.4) is 0 Å². The molecule has 3 nitrogen and oxygen atoms in total. The molecule has 6 rings (SSSR count). The smallest absolute Gasteiger partial charge is 0.163 e. The second kappa shape index (κ2) is 6.58. The molecule has 2 heterocycles. The standard InChI is InChI=1S/C27H40O3S/c1-16-8-11-25(4)17-9-12-26(5)18(10-13-27(26,28)20-7-6-14-31-20)21(17)23-22(19(25)15-16)29-24(2,3)30-23/h6-7,14,16-19,21-23,28H,8-13,15H2,1-5H3/t16-,17-,18-,19+,21?,22+,23+,25+,26-,27+/m0/s1. The fourth-order valence-corrected chi connectivity index (χ4v) is 10.3. The van der Waals surface area contributed by atoms with Crippen LogP contribution < -0.4 is 0 Å². The van der Waals surface area contributed by atoms with Crippen molar-refractivity contribution in [3.8, 4) is 0 Å². The Labute approximate surface area is 191 Å². The SMILES string of the molecule is C[C@H]1CC[C@@]2(C)[C@H](C1)[C@H]1OC(C)(C)O[C@@H]1C1[C@@H]2CC[C@@]2(C)[C@H]1CC[C@@]2(O)c1cccs1. The van der Waals surface area contributed by atoms with E-state index in [2.05, 4.69) is 52.1 Å². The first-order chi connectivity index (χ1) is 14.6. The number of thiophene rings is 1. The Morgan fingerprint density at radius 1 is 0.935 bits per heavy atom. The van der Waals surface area contributed by atoms with Crippen molar-refractivity contribution in [2.24, 2.45) is 40.4 Å². The normalized spacial score (nSPS) is 55.2. The van der Waals surface area contributed by atoms with Crippen molar-refractivity contribution in [3.05, 3.63) is 22.4 Å². The lowest BCUT2D eigenvalue weighted by atomic mass is 9.42. The lowest BCUT2D eigenvalue weighted by Crippen LogP contribution is -2.63. The van der Waals surface area contributed by atoms with Crippen LogP contribution in [0, 0.1) is 40.4 Å². The highest BCUT2D eigenvalue weighted by atomic mass is 32.1. The van der Waals surface area contributed by atoms with E-state index in [0.29, 0.717) is 29.1 Å². The number of aliphatic hydroxyl groups is 1. The Morgan fingerprint density at radius 3 is 2.42 bits per heavy atom. The third-order valence-corrected chi connectivity index (χ3v) is 11.9. The highest BCUT2D eigenvalue weighted by Crippen LogP contribution is 2.72. The molecule has 4 saturated carbocycles. The number of fused-ring (bicyclic) bond motifs is 8. The van der Waals surface area contributed by atoms with E-state index in [-0.39, 0.29) is 17.6 Å². The van der Waals surface area contributed by atoms with Crippen LogP contribution in [-0.2, 0) is 15.1 Å². The van der Waals surface area contributed by atoms with E-state index in [1.807, 2.05) is 0 Å². The molecule has 0 amide bonds. The number of rotatable bonds is 1. The molecule has 10 atom stereocenters. The molecule has 1 unspecified atom stereocenters. The average molecular weight is 445 g/mol. The van der Waals surface area contributed by atoms with Gasteiger partial charge in [-0.25, -0.2) is 0 Å². The van der Waals surface area contributed by atoms with Crippen molar-refractivity contribution < 1.29 is 14.6 Å². The highest BCUT2D eigenvalue weighted by molar-refractivity contribution is 7.10. The Balaban J connectivity index is 1.44. The second-order valence-electron chi connectivity index (χ2n) is 12.7. The lowest BCUT2D eigenvalue weighted by molar-refractivity contribution is -0.201. The average Bonchev–Trinajstić information content (AvgIpc) is 3.41. The van der Waals surface area contributed by atoms with Crippen LogP contribution in [0.15, 0.2) is 17.5 Å². The van der Waals surface area contributed by atoms with Gasteiger partial charge in [0.1, 0.15) is 5.60 Å². The summed E-state index contributed by atoms with van der Waals surface area (Å²) in [7, 11) is 0. The zero-order chi connectivity index (χ0) is 21.8. The number of hydrogen-bond acceptors (Lipinski definition) is 4. The predicted octanol–water partition coefficient (Wildman–Crippen LogP) is 6.35. The van der Waals surface area contributed by atoms with Gasteiger partial charge in [-0.15, -0.1) is 11.3 Å². The second-order valence-corrected chi connectivity index (χ2v) is 13.6. The topological polar surface area (TPSA) is 38.7 Å². The van der Waals surface area contributed by atoms with Crippen LogP contribution in [0.2, 0.25) is 0 Å². The Bertz CT molecular complexity index is 851. The zero-order valence-electron chi connectivity index (χ0n) is 19.9. The summed E-state index contributed by atoms with van der Waals surface area (Å²) in [6.07, 6.45) is 8.69. The first-order valence-electron chi connectivity index (χ1n) is 12.7. The van der Waals surface area contributed by atoms with Crippen molar-refractivity contribution in [3.63, 3.8) is 0 Å². The van der Waals surface area contributed by atoms with Crippen molar-refractivity contribution in [2.45, 2.75) is 103 Å². The minimum absolute atomic E-state index is 0.0786. The maximum Gasteiger partial charge on any atom is 0.163 e. The quantitative estimate of drug-likeness (QED) is 0.548. The molecule has 0 spiro atoms. The molecular formula is C27H40O3S. The van der Waals surface area contributed by atoms with Crippen molar-refractivity contribution in [2.75, 3.05) is 0 Å². The van der Waals surface area contributed by atoms with Crippen molar-refractivity contribution in [1.82, 2.24) is 0 Å². The van der Waals surface area contributed by atoms with Gasteiger partial charge in [0, 0.05) is 10.3 Å². The maximum absolute atomic E-state index is 12.1. The third kappa shape index (κ3) is 2.68. The molecule has 172 valence electrons. The summed E-state index contributed by atoms with van der Waals surface area (Å²) in [5, 5.41) is 14.2. The monoisotopic (exact) mass is 444 g/mol. The van der Waals surface area contributed by atoms with Crippen LogP contribution in [-0.4, -0.2) is 23.1 Å². The maximum atomic E-state index is 12.1. The van der Waals surface area contributed by atoms with Gasteiger partial charge in [-0.2, -0.15) is 0 Å². The Kier molecular flexibility index (Phi) is 4.49. The van der Waals surface area contributed by atoms with Gasteiger partial charge in [0.15, 0.2) is 5.79 Å².